The summed E-state index contributed by atoms with van der Waals surface area (Å²) in [6.45, 7) is 7.33. The highest BCUT2D eigenvalue weighted by Gasteiger charge is 2.21. The lowest BCUT2D eigenvalue weighted by Gasteiger charge is -2.19. The van der Waals surface area contributed by atoms with Gasteiger partial charge in [-0.2, -0.15) is 5.10 Å². The molecule has 2 aromatic rings. The molecule has 0 aliphatic heterocycles. The summed E-state index contributed by atoms with van der Waals surface area (Å²) in [6, 6.07) is 2.34. The van der Waals surface area contributed by atoms with Gasteiger partial charge in [-0.05, 0) is 41.9 Å². The summed E-state index contributed by atoms with van der Waals surface area (Å²) in [6.07, 6.45) is 4.71. The van der Waals surface area contributed by atoms with Gasteiger partial charge in [0.2, 0.25) is 0 Å². The molecule has 0 amide bonds. The fraction of sp³-hybridized carbons (Fsp3) is 0.562. The molecule has 1 N–H and O–H groups in total. The van der Waals surface area contributed by atoms with E-state index in [9.17, 15) is 0 Å². The van der Waals surface area contributed by atoms with E-state index in [4.69, 9.17) is 4.42 Å². The van der Waals surface area contributed by atoms with Gasteiger partial charge < -0.3 is 9.73 Å². The van der Waals surface area contributed by atoms with Crippen LogP contribution in [-0.4, -0.2) is 16.3 Å². The zero-order chi connectivity index (χ0) is 15.4. The molecule has 0 spiro atoms. The number of nitrogens with zero attached hydrogens (tertiary/aromatic N) is 2. The molecular weight excluding hydrogens is 330 g/mol. The second-order valence-corrected chi connectivity index (χ2v) is 6.13. The van der Waals surface area contributed by atoms with Crippen molar-refractivity contribution in [3.63, 3.8) is 0 Å². The molecule has 5 heteroatoms. The Bertz CT molecular complexity index is 588. The van der Waals surface area contributed by atoms with Crippen molar-refractivity contribution in [2.45, 2.75) is 46.1 Å². The van der Waals surface area contributed by atoms with Gasteiger partial charge in [0.25, 0.3) is 0 Å². The fourth-order valence-electron chi connectivity index (χ4n) is 2.65. The van der Waals surface area contributed by atoms with Crippen LogP contribution in [0.15, 0.2) is 21.2 Å². The number of nitrogens with one attached hydrogen (secondary N) is 1. The Kier molecular flexibility index (Phi) is 5.65. The number of furan rings is 1. The van der Waals surface area contributed by atoms with E-state index in [2.05, 4.69) is 46.3 Å². The molecule has 1 atom stereocenters. The fourth-order valence-corrected chi connectivity index (χ4v) is 3.15. The first-order valence-corrected chi connectivity index (χ1v) is 8.35. The molecule has 2 aromatic heterocycles. The number of hydrogen-bond donors (Lipinski definition) is 1. The van der Waals surface area contributed by atoms with E-state index in [1.54, 1.807) is 6.26 Å². The predicted octanol–water partition coefficient (Wildman–Crippen LogP) is 3.93. The maximum atomic E-state index is 5.60. The lowest BCUT2D eigenvalue weighted by atomic mass is 10.0. The number of hydrogen-bond acceptors (Lipinski definition) is 3. The molecular formula is C16H24BrN3O. The minimum Gasteiger partial charge on any atom is -0.469 e. The third-order valence-electron chi connectivity index (χ3n) is 3.78. The molecule has 21 heavy (non-hydrogen) atoms. The lowest BCUT2D eigenvalue weighted by Crippen LogP contribution is -2.25. The van der Waals surface area contributed by atoms with E-state index in [1.807, 2.05) is 18.7 Å². The summed E-state index contributed by atoms with van der Waals surface area (Å²) in [4.78, 5) is 0. The number of rotatable bonds is 7. The van der Waals surface area contributed by atoms with Crippen LogP contribution in [0.3, 0.4) is 0 Å². The average molecular weight is 354 g/mol. The summed E-state index contributed by atoms with van der Waals surface area (Å²) < 4.78 is 8.67. The Labute approximate surface area is 135 Å². The summed E-state index contributed by atoms with van der Waals surface area (Å²) >= 11 is 3.66. The van der Waals surface area contributed by atoms with Gasteiger partial charge in [0, 0.05) is 31.5 Å². The maximum absolute atomic E-state index is 5.60. The summed E-state index contributed by atoms with van der Waals surface area (Å²) in [5.74, 6) is 1.07. The van der Waals surface area contributed by atoms with E-state index in [0.717, 1.165) is 41.7 Å². The third kappa shape index (κ3) is 3.58. The molecule has 0 aliphatic carbocycles. The highest BCUT2D eigenvalue weighted by atomic mass is 79.9. The van der Waals surface area contributed by atoms with Crippen LogP contribution in [0.4, 0.5) is 0 Å². The van der Waals surface area contributed by atoms with Crippen molar-refractivity contribution in [2.75, 3.05) is 6.54 Å². The highest BCUT2D eigenvalue weighted by molar-refractivity contribution is 9.10. The van der Waals surface area contributed by atoms with E-state index in [-0.39, 0.29) is 6.04 Å². The van der Waals surface area contributed by atoms with Crippen molar-refractivity contribution >= 4 is 15.9 Å². The largest absolute Gasteiger partial charge is 0.469 e. The van der Waals surface area contributed by atoms with Crippen LogP contribution in [0.1, 0.15) is 49.0 Å². The monoisotopic (exact) mass is 353 g/mol. The molecule has 0 radical (unpaired) electrons. The van der Waals surface area contributed by atoms with Crippen LogP contribution in [0.5, 0.6) is 0 Å². The number of halogens is 1. The Balaban J connectivity index is 2.28. The molecule has 0 fully saturated rings. The van der Waals surface area contributed by atoms with Gasteiger partial charge in [-0.25, -0.2) is 0 Å². The summed E-state index contributed by atoms with van der Waals surface area (Å²) in [5.41, 5.74) is 3.51. The second-order valence-electron chi connectivity index (χ2n) is 5.33. The lowest BCUT2D eigenvalue weighted by molar-refractivity contribution is 0.475. The average Bonchev–Trinajstić information content (AvgIpc) is 3.02. The number of aromatic nitrogens is 2. The van der Waals surface area contributed by atoms with Crippen LogP contribution in [0.2, 0.25) is 0 Å². The molecule has 4 nitrogen and oxygen atoms in total. The van der Waals surface area contributed by atoms with Crippen molar-refractivity contribution in [3.05, 3.63) is 39.5 Å². The summed E-state index contributed by atoms with van der Waals surface area (Å²) in [5, 5.41) is 8.12. The standard InChI is InChI=1S/C16H24BrN3O/c1-5-8-18-13(12-7-9-21-15(12)6-2)10-14-16(17)11(3)19-20(14)4/h7,9,13,18H,5-6,8,10H2,1-4H3. The molecule has 0 saturated carbocycles. The smallest absolute Gasteiger partial charge is 0.108 e. The van der Waals surface area contributed by atoms with Gasteiger partial charge >= 0.3 is 0 Å². The minimum atomic E-state index is 0.254. The zero-order valence-corrected chi connectivity index (χ0v) is 14.8. The van der Waals surface area contributed by atoms with E-state index < -0.39 is 0 Å². The topological polar surface area (TPSA) is 43.0 Å². The van der Waals surface area contributed by atoms with E-state index in [1.165, 1.54) is 11.3 Å². The first kappa shape index (κ1) is 16.3. The summed E-state index contributed by atoms with van der Waals surface area (Å²) in [7, 11) is 2.00. The highest BCUT2D eigenvalue weighted by Crippen LogP contribution is 2.28. The van der Waals surface area contributed by atoms with E-state index in [0.29, 0.717) is 0 Å². The Hall–Kier alpha value is -1.07. The molecule has 1 unspecified atom stereocenters. The SMILES string of the molecule is CCCNC(Cc1c(Br)c(C)nn1C)c1ccoc1CC. The molecule has 0 saturated heterocycles. The Morgan fingerprint density at radius 1 is 1.43 bits per heavy atom. The molecule has 0 aromatic carbocycles. The zero-order valence-electron chi connectivity index (χ0n) is 13.2. The van der Waals surface area contributed by atoms with Crippen molar-refractivity contribution in [1.29, 1.82) is 0 Å². The Morgan fingerprint density at radius 3 is 2.76 bits per heavy atom. The molecule has 2 rings (SSSR count). The van der Waals surface area contributed by atoms with Gasteiger partial charge in [0.05, 0.1) is 22.1 Å². The van der Waals surface area contributed by atoms with Gasteiger partial charge in [-0.1, -0.05) is 13.8 Å². The van der Waals surface area contributed by atoms with Crippen molar-refractivity contribution < 1.29 is 4.42 Å². The van der Waals surface area contributed by atoms with Crippen LogP contribution in [-0.2, 0) is 19.9 Å². The van der Waals surface area contributed by atoms with Crippen molar-refractivity contribution in [1.82, 2.24) is 15.1 Å². The normalized spacial score (nSPS) is 12.8. The van der Waals surface area contributed by atoms with Gasteiger partial charge in [-0.15, -0.1) is 0 Å². The van der Waals surface area contributed by atoms with Crippen LogP contribution in [0, 0.1) is 6.92 Å². The molecule has 2 heterocycles. The van der Waals surface area contributed by atoms with Crippen molar-refractivity contribution in [3.8, 4) is 0 Å². The first-order chi connectivity index (χ1) is 10.1. The second kappa shape index (κ2) is 7.27. The van der Waals surface area contributed by atoms with Crippen LogP contribution in [0.25, 0.3) is 0 Å². The third-order valence-corrected chi connectivity index (χ3v) is 4.81. The molecule has 0 aliphatic rings. The number of aryl methyl sites for hydroxylation is 3. The van der Waals surface area contributed by atoms with Gasteiger partial charge in [0.15, 0.2) is 0 Å². The van der Waals surface area contributed by atoms with E-state index >= 15 is 0 Å². The Morgan fingerprint density at radius 2 is 2.19 bits per heavy atom. The van der Waals surface area contributed by atoms with Crippen LogP contribution >= 0.6 is 15.9 Å². The first-order valence-electron chi connectivity index (χ1n) is 7.56. The van der Waals surface area contributed by atoms with Crippen LogP contribution < -0.4 is 5.32 Å². The van der Waals surface area contributed by atoms with Gasteiger partial charge in [-0.3, -0.25) is 4.68 Å². The minimum absolute atomic E-state index is 0.254. The van der Waals surface area contributed by atoms with Crippen molar-refractivity contribution in [2.24, 2.45) is 7.05 Å². The van der Waals surface area contributed by atoms with Gasteiger partial charge in [0.1, 0.15) is 5.76 Å². The molecule has 116 valence electrons. The quantitative estimate of drug-likeness (QED) is 0.819. The maximum Gasteiger partial charge on any atom is 0.108 e. The predicted molar refractivity (Wildman–Crippen MR) is 88.5 cm³/mol. The molecule has 0 bridgehead atoms.